The van der Waals surface area contributed by atoms with Gasteiger partial charge in [0.25, 0.3) is 0 Å². The topological polar surface area (TPSA) is 54.0 Å². The number of hydrogen-bond donors (Lipinski definition) is 0. The number of rotatable bonds is 16. The monoisotopic (exact) mass is 510 g/mol. The van der Waals surface area contributed by atoms with Crippen LogP contribution in [0, 0.1) is 11.8 Å². The minimum Gasteiger partial charge on any atom is -0.493 e. The fourth-order valence-corrected chi connectivity index (χ4v) is 4.37. The summed E-state index contributed by atoms with van der Waals surface area (Å²) in [6.45, 7) is 8.69. The molecule has 0 radical (unpaired) electrons. The van der Waals surface area contributed by atoms with E-state index in [4.69, 9.17) is 18.9 Å². The van der Waals surface area contributed by atoms with Gasteiger partial charge < -0.3 is 18.9 Å². The zero-order valence-corrected chi connectivity index (χ0v) is 23.1. The van der Waals surface area contributed by atoms with E-state index in [1.165, 1.54) is 57.8 Å². The van der Waals surface area contributed by atoms with Crippen LogP contribution in [0.1, 0.15) is 107 Å². The molecule has 204 valence electrons. The van der Waals surface area contributed by atoms with Crippen LogP contribution in [-0.4, -0.2) is 25.8 Å². The van der Waals surface area contributed by atoms with Gasteiger partial charge in [-0.2, -0.15) is 0 Å². The van der Waals surface area contributed by atoms with E-state index >= 15 is 0 Å². The first-order valence-electron chi connectivity index (χ1n) is 14.4. The number of carbonyl (C=O) groups excluding carboxylic acids is 1. The van der Waals surface area contributed by atoms with Crippen LogP contribution in [0.4, 0.5) is 0 Å². The molecule has 1 saturated heterocycles. The van der Waals surface area contributed by atoms with E-state index in [1.54, 1.807) is 24.3 Å². The Labute approximate surface area is 223 Å². The van der Waals surface area contributed by atoms with Crippen molar-refractivity contribution in [1.29, 1.82) is 0 Å². The Bertz CT molecular complexity index is 884. The smallest absolute Gasteiger partial charge is 0.343 e. The molecule has 1 aliphatic heterocycles. The van der Waals surface area contributed by atoms with Crippen LogP contribution in [0.25, 0.3) is 0 Å². The highest BCUT2D eigenvalue weighted by atomic mass is 16.7. The van der Waals surface area contributed by atoms with Crippen LogP contribution in [0.3, 0.4) is 0 Å². The predicted molar refractivity (Wildman–Crippen MR) is 148 cm³/mol. The first-order valence-corrected chi connectivity index (χ1v) is 14.4. The summed E-state index contributed by atoms with van der Waals surface area (Å²) in [6.07, 6.45) is 12.6. The summed E-state index contributed by atoms with van der Waals surface area (Å²) in [5.41, 5.74) is 1.43. The largest absolute Gasteiger partial charge is 0.493 e. The number of hydrogen-bond acceptors (Lipinski definition) is 5. The molecule has 5 heteroatoms. The van der Waals surface area contributed by atoms with Gasteiger partial charge in [-0.15, -0.1) is 0 Å². The Morgan fingerprint density at radius 3 is 2.05 bits per heavy atom. The molecule has 0 bridgehead atoms. The molecule has 0 aromatic heterocycles. The Kier molecular flexibility index (Phi) is 13.0. The molecule has 1 atom stereocenters. The second-order valence-corrected chi connectivity index (χ2v) is 10.4. The third-order valence-electron chi connectivity index (χ3n) is 7.12. The minimum absolute atomic E-state index is 0.359. The average molecular weight is 511 g/mol. The van der Waals surface area contributed by atoms with Gasteiger partial charge in [-0.05, 0) is 48.7 Å². The van der Waals surface area contributed by atoms with Crippen molar-refractivity contribution in [2.75, 3.05) is 19.8 Å². The minimum atomic E-state index is -0.393. The van der Waals surface area contributed by atoms with Crippen LogP contribution in [0.2, 0.25) is 0 Å². The number of esters is 1. The van der Waals surface area contributed by atoms with E-state index in [-0.39, 0.29) is 6.29 Å². The van der Waals surface area contributed by atoms with Crippen molar-refractivity contribution in [2.45, 2.75) is 91.3 Å². The molecule has 0 saturated carbocycles. The summed E-state index contributed by atoms with van der Waals surface area (Å²) < 4.78 is 23.3. The van der Waals surface area contributed by atoms with Crippen molar-refractivity contribution >= 4 is 5.97 Å². The molecule has 5 nitrogen and oxygen atoms in total. The Hall–Kier alpha value is -2.37. The van der Waals surface area contributed by atoms with Crippen LogP contribution in [0.5, 0.6) is 11.5 Å². The Balaban J connectivity index is 1.35. The summed E-state index contributed by atoms with van der Waals surface area (Å²) >= 11 is 0. The van der Waals surface area contributed by atoms with E-state index in [0.29, 0.717) is 29.8 Å². The average Bonchev–Trinajstić information content (AvgIpc) is 2.94. The highest BCUT2D eigenvalue weighted by Gasteiger charge is 2.23. The SMILES string of the molecule is CCCCCCCCCC[C@H]1CO[C@H](c2ccc(OC(=O)c3ccc(OC[C@@H](C)CC)cc3)cc2)OC1. The number of carbonyl (C=O) groups is 1. The molecular weight excluding hydrogens is 464 g/mol. The van der Waals surface area contributed by atoms with E-state index in [9.17, 15) is 4.79 Å². The Morgan fingerprint density at radius 2 is 1.43 bits per heavy atom. The summed E-state index contributed by atoms with van der Waals surface area (Å²) in [7, 11) is 0. The van der Waals surface area contributed by atoms with Gasteiger partial charge in [-0.25, -0.2) is 4.79 Å². The second kappa shape index (κ2) is 16.5. The predicted octanol–water partition coefficient (Wildman–Crippen LogP) is 8.52. The maximum absolute atomic E-state index is 12.5. The van der Waals surface area contributed by atoms with Crippen LogP contribution >= 0.6 is 0 Å². The lowest BCUT2D eigenvalue weighted by molar-refractivity contribution is -0.206. The number of benzene rings is 2. The first kappa shape index (κ1) is 29.2. The van der Waals surface area contributed by atoms with E-state index in [1.807, 2.05) is 24.3 Å². The van der Waals surface area contributed by atoms with Gasteiger partial charge in [0.1, 0.15) is 11.5 Å². The van der Waals surface area contributed by atoms with Gasteiger partial charge in [-0.1, -0.05) is 90.7 Å². The van der Waals surface area contributed by atoms with Gasteiger partial charge in [0.05, 0.1) is 25.4 Å². The van der Waals surface area contributed by atoms with Crippen molar-refractivity contribution in [2.24, 2.45) is 11.8 Å². The molecule has 1 aliphatic rings. The molecule has 1 fully saturated rings. The van der Waals surface area contributed by atoms with Crippen molar-refractivity contribution in [3.05, 3.63) is 59.7 Å². The van der Waals surface area contributed by atoms with Crippen LogP contribution in [-0.2, 0) is 9.47 Å². The number of ether oxygens (including phenoxy) is 4. The normalized spacial score (nSPS) is 18.4. The molecule has 0 aliphatic carbocycles. The van der Waals surface area contributed by atoms with E-state index < -0.39 is 5.97 Å². The van der Waals surface area contributed by atoms with Crippen molar-refractivity contribution in [1.82, 2.24) is 0 Å². The zero-order valence-electron chi connectivity index (χ0n) is 23.1. The fourth-order valence-electron chi connectivity index (χ4n) is 4.37. The highest BCUT2D eigenvalue weighted by Crippen LogP contribution is 2.29. The summed E-state index contributed by atoms with van der Waals surface area (Å²) in [6, 6.07) is 14.5. The molecule has 0 N–H and O–H groups in total. The molecule has 1 heterocycles. The van der Waals surface area contributed by atoms with Gasteiger partial charge in [0.15, 0.2) is 6.29 Å². The summed E-state index contributed by atoms with van der Waals surface area (Å²) in [5.74, 6) is 1.83. The van der Waals surface area contributed by atoms with Gasteiger partial charge in [-0.3, -0.25) is 0 Å². The lowest BCUT2D eigenvalue weighted by Gasteiger charge is -2.29. The van der Waals surface area contributed by atoms with Crippen LogP contribution < -0.4 is 9.47 Å². The molecule has 0 spiro atoms. The third kappa shape index (κ3) is 10.5. The maximum Gasteiger partial charge on any atom is 0.343 e. The molecule has 0 amide bonds. The molecule has 3 rings (SSSR count). The van der Waals surface area contributed by atoms with Gasteiger partial charge in [0.2, 0.25) is 0 Å². The van der Waals surface area contributed by atoms with E-state index in [2.05, 4.69) is 20.8 Å². The van der Waals surface area contributed by atoms with Crippen molar-refractivity contribution in [3.8, 4) is 11.5 Å². The van der Waals surface area contributed by atoms with Crippen molar-refractivity contribution < 1.29 is 23.7 Å². The molecule has 2 aromatic carbocycles. The van der Waals surface area contributed by atoms with Gasteiger partial charge >= 0.3 is 5.97 Å². The highest BCUT2D eigenvalue weighted by molar-refractivity contribution is 5.91. The zero-order chi connectivity index (χ0) is 26.3. The van der Waals surface area contributed by atoms with E-state index in [0.717, 1.165) is 30.9 Å². The quantitative estimate of drug-likeness (QED) is 0.129. The Morgan fingerprint density at radius 1 is 0.838 bits per heavy atom. The molecule has 2 aromatic rings. The molecule has 0 unspecified atom stereocenters. The first-order chi connectivity index (χ1) is 18.1. The second-order valence-electron chi connectivity index (χ2n) is 10.4. The fraction of sp³-hybridized carbons (Fsp3) is 0.594. The third-order valence-corrected chi connectivity index (χ3v) is 7.12. The standard InChI is InChI=1S/C32H46O5/c1-4-6-7-8-9-10-11-12-13-26-23-35-32(36-24-26)28-16-20-30(21-17-28)37-31(33)27-14-18-29(19-15-27)34-22-25(3)5-2/h14-21,25-26,32H,4-13,22-24H2,1-3H3/t25-,26-,32-/m0/s1. The summed E-state index contributed by atoms with van der Waals surface area (Å²) in [5, 5.41) is 0. The van der Waals surface area contributed by atoms with Crippen LogP contribution in [0.15, 0.2) is 48.5 Å². The lowest BCUT2D eigenvalue weighted by Crippen LogP contribution is -2.27. The maximum atomic E-state index is 12.5. The summed E-state index contributed by atoms with van der Waals surface area (Å²) in [4.78, 5) is 12.5. The van der Waals surface area contributed by atoms with Gasteiger partial charge in [0, 0.05) is 11.5 Å². The number of unbranched alkanes of at least 4 members (excludes halogenated alkanes) is 7. The van der Waals surface area contributed by atoms with Crippen molar-refractivity contribution in [3.63, 3.8) is 0 Å². The molecular formula is C32H46O5. The lowest BCUT2D eigenvalue weighted by atomic mass is 10.0. The molecule has 37 heavy (non-hydrogen) atoms.